The Morgan fingerprint density at radius 1 is 1.27 bits per heavy atom. The van der Waals surface area contributed by atoms with Gasteiger partial charge in [-0.05, 0) is 31.2 Å². The number of nitrogens with two attached hydrogens (primary N) is 1. The van der Waals surface area contributed by atoms with Crippen molar-refractivity contribution < 1.29 is 50.5 Å². The molecule has 2 amide bonds. The first-order chi connectivity index (χ1) is 21.0. The standard InChI is InChI=1S/C28H22ClF6N5O5/c1-26(24(36)42)11-45-22-15(26)8-18(38-21(22)14-4-3-5-16(30)19(14)29)27(43,28(33,34)35)10-37-23(41)12-6-13-9-40(25(31)32)39-20(13)17(7-12)44-2/h3-9,25,43H,10-11H2,1-2H3,(H2,36,42)(H,37,41)/t26-,27-/m0/s1. The average molecular weight is 658 g/mol. The summed E-state index contributed by atoms with van der Waals surface area (Å²) >= 11 is 6.11. The predicted octanol–water partition coefficient (Wildman–Crippen LogP) is 4.61. The summed E-state index contributed by atoms with van der Waals surface area (Å²) in [5, 5.41) is 16.4. The lowest BCUT2D eigenvalue weighted by Crippen LogP contribution is -2.51. The van der Waals surface area contributed by atoms with Crippen LogP contribution in [0.1, 0.15) is 35.1 Å². The van der Waals surface area contributed by atoms with Crippen LogP contribution in [-0.2, 0) is 15.8 Å². The van der Waals surface area contributed by atoms with Gasteiger partial charge >= 0.3 is 12.7 Å². The normalized spacial score (nSPS) is 17.6. The summed E-state index contributed by atoms with van der Waals surface area (Å²) in [6.45, 7) is -3.63. The predicted molar refractivity (Wildman–Crippen MR) is 147 cm³/mol. The van der Waals surface area contributed by atoms with Crippen molar-refractivity contribution in [3.05, 3.63) is 70.3 Å². The van der Waals surface area contributed by atoms with E-state index >= 15 is 0 Å². The number of hydrogen-bond donors (Lipinski definition) is 3. The number of pyridine rings is 1. The van der Waals surface area contributed by atoms with Crippen LogP contribution in [0.5, 0.6) is 11.5 Å². The van der Waals surface area contributed by atoms with Crippen LogP contribution in [-0.4, -0.2) is 58.1 Å². The van der Waals surface area contributed by atoms with Gasteiger partial charge in [0.2, 0.25) is 11.5 Å². The Morgan fingerprint density at radius 3 is 2.60 bits per heavy atom. The first-order valence-corrected chi connectivity index (χ1v) is 13.2. The Kier molecular flexibility index (Phi) is 7.85. The number of aromatic nitrogens is 3. The number of nitrogens with zero attached hydrogens (tertiary/aromatic N) is 3. The molecule has 45 heavy (non-hydrogen) atoms. The highest BCUT2D eigenvalue weighted by molar-refractivity contribution is 6.33. The zero-order valence-electron chi connectivity index (χ0n) is 23.2. The first-order valence-electron chi connectivity index (χ1n) is 12.9. The molecule has 2 atom stereocenters. The lowest BCUT2D eigenvalue weighted by atomic mass is 9.81. The molecule has 238 valence electrons. The van der Waals surface area contributed by atoms with Gasteiger partial charge in [-0.3, -0.25) is 9.59 Å². The van der Waals surface area contributed by atoms with Gasteiger partial charge < -0.3 is 25.6 Å². The fraction of sp³-hybridized carbons (Fsp3) is 0.286. The van der Waals surface area contributed by atoms with Crippen molar-refractivity contribution in [3.63, 3.8) is 0 Å². The topological polar surface area (TPSA) is 142 Å². The number of aliphatic hydroxyl groups is 1. The molecule has 17 heteroatoms. The van der Waals surface area contributed by atoms with Crippen LogP contribution in [0.4, 0.5) is 26.3 Å². The smallest absolute Gasteiger partial charge is 0.424 e. The number of amides is 2. The largest absolute Gasteiger partial charge is 0.494 e. The van der Waals surface area contributed by atoms with Gasteiger partial charge in [0, 0.05) is 28.3 Å². The number of methoxy groups -OCH3 is 1. The van der Waals surface area contributed by atoms with E-state index in [1.54, 1.807) is 0 Å². The number of rotatable bonds is 8. The van der Waals surface area contributed by atoms with Crippen LogP contribution in [0.15, 0.2) is 42.6 Å². The Bertz CT molecular complexity index is 1850. The number of alkyl halides is 5. The zero-order valence-corrected chi connectivity index (χ0v) is 23.9. The van der Waals surface area contributed by atoms with Gasteiger partial charge in [-0.1, -0.05) is 23.7 Å². The number of carbonyl (C=O) groups is 2. The van der Waals surface area contributed by atoms with Crippen molar-refractivity contribution in [3.8, 4) is 22.8 Å². The van der Waals surface area contributed by atoms with E-state index in [1.807, 2.05) is 5.32 Å². The van der Waals surface area contributed by atoms with E-state index in [9.17, 15) is 41.0 Å². The molecule has 1 aliphatic rings. The minimum Gasteiger partial charge on any atom is -0.494 e. The molecular weight excluding hydrogens is 636 g/mol. The Balaban J connectivity index is 1.60. The second-order valence-electron chi connectivity index (χ2n) is 10.4. The molecule has 0 unspecified atom stereocenters. The van der Waals surface area contributed by atoms with Crippen molar-refractivity contribution in [1.82, 2.24) is 20.1 Å². The van der Waals surface area contributed by atoms with Crippen LogP contribution in [0.3, 0.4) is 0 Å². The van der Waals surface area contributed by atoms with E-state index in [0.29, 0.717) is 4.68 Å². The third kappa shape index (κ3) is 5.27. The van der Waals surface area contributed by atoms with Crippen LogP contribution >= 0.6 is 11.6 Å². The minimum atomic E-state index is -5.49. The van der Waals surface area contributed by atoms with Gasteiger partial charge in [-0.25, -0.2) is 14.1 Å². The molecule has 0 saturated heterocycles. The molecule has 4 aromatic rings. The number of benzene rings is 2. The van der Waals surface area contributed by atoms with Crippen molar-refractivity contribution in [2.24, 2.45) is 5.73 Å². The molecule has 0 fully saturated rings. The van der Waals surface area contributed by atoms with Crippen LogP contribution < -0.4 is 20.5 Å². The Morgan fingerprint density at radius 2 is 1.98 bits per heavy atom. The maximum absolute atomic E-state index is 14.7. The Labute approximate surface area is 254 Å². The minimum absolute atomic E-state index is 0.0218. The third-order valence-electron chi connectivity index (χ3n) is 7.49. The van der Waals surface area contributed by atoms with E-state index < -0.39 is 70.9 Å². The summed E-state index contributed by atoms with van der Waals surface area (Å²) in [5.41, 5.74) is -2.28. The number of carbonyl (C=O) groups excluding carboxylic acids is 2. The van der Waals surface area contributed by atoms with Crippen LogP contribution in [0.2, 0.25) is 5.02 Å². The summed E-state index contributed by atoms with van der Waals surface area (Å²) in [7, 11) is 1.17. The number of primary amides is 1. The van der Waals surface area contributed by atoms with Crippen molar-refractivity contribution in [2.75, 3.05) is 20.3 Å². The maximum Gasteiger partial charge on any atom is 0.424 e. The zero-order chi connectivity index (χ0) is 33.1. The number of ether oxygens (including phenoxy) is 2. The van der Waals surface area contributed by atoms with E-state index in [-0.39, 0.29) is 39.1 Å². The fourth-order valence-electron chi connectivity index (χ4n) is 4.82. The summed E-state index contributed by atoms with van der Waals surface area (Å²) in [5.74, 6) is -3.38. The summed E-state index contributed by atoms with van der Waals surface area (Å²) < 4.78 is 95.7. The van der Waals surface area contributed by atoms with E-state index in [1.165, 1.54) is 26.2 Å². The average Bonchev–Trinajstić information content (AvgIpc) is 3.58. The van der Waals surface area contributed by atoms with Crippen molar-refractivity contribution >= 4 is 34.3 Å². The molecule has 0 bridgehead atoms. The molecule has 0 saturated carbocycles. The quantitative estimate of drug-likeness (QED) is 0.235. The van der Waals surface area contributed by atoms with Crippen molar-refractivity contribution in [2.45, 2.75) is 30.7 Å². The molecule has 0 aliphatic carbocycles. The molecule has 3 heterocycles. The van der Waals surface area contributed by atoms with Gasteiger partial charge in [0.05, 0.1) is 24.4 Å². The number of hydrogen-bond acceptors (Lipinski definition) is 7. The second-order valence-corrected chi connectivity index (χ2v) is 10.7. The molecular formula is C28H22ClF6N5O5. The fourth-order valence-corrected chi connectivity index (χ4v) is 5.04. The van der Waals surface area contributed by atoms with Gasteiger partial charge in [0.1, 0.15) is 40.5 Å². The van der Waals surface area contributed by atoms with Crippen LogP contribution in [0.25, 0.3) is 22.2 Å². The monoisotopic (exact) mass is 657 g/mol. The maximum atomic E-state index is 14.7. The Hall–Kier alpha value is -4.57. The number of halogens is 7. The highest BCUT2D eigenvalue weighted by Gasteiger charge is 2.57. The van der Waals surface area contributed by atoms with Gasteiger partial charge in [0.25, 0.3) is 5.91 Å². The molecule has 4 N–H and O–H groups in total. The molecule has 5 rings (SSSR count). The molecule has 0 spiro atoms. The SMILES string of the molecule is COc1cc(C(=O)NC[C@](O)(c2cc3c(c(-c4cccc(F)c4Cl)n2)OC[C@]3(C)C(N)=O)C(F)(F)F)cc2cn(C(F)F)nc12. The van der Waals surface area contributed by atoms with Gasteiger partial charge in [-0.15, -0.1) is 0 Å². The van der Waals surface area contributed by atoms with Crippen LogP contribution in [0, 0.1) is 5.82 Å². The van der Waals surface area contributed by atoms with E-state index in [0.717, 1.165) is 30.5 Å². The second kappa shape index (κ2) is 11.1. The van der Waals surface area contributed by atoms with E-state index in [4.69, 9.17) is 26.8 Å². The number of fused-ring (bicyclic) bond motifs is 2. The first kappa shape index (κ1) is 31.8. The summed E-state index contributed by atoms with van der Waals surface area (Å²) in [4.78, 5) is 29.4. The van der Waals surface area contributed by atoms with Crippen molar-refractivity contribution in [1.29, 1.82) is 0 Å². The molecule has 0 radical (unpaired) electrons. The highest BCUT2D eigenvalue weighted by atomic mass is 35.5. The van der Waals surface area contributed by atoms with E-state index in [2.05, 4.69) is 10.1 Å². The third-order valence-corrected chi connectivity index (χ3v) is 7.88. The molecule has 10 nitrogen and oxygen atoms in total. The number of nitrogens with one attached hydrogen (secondary N) is 1. The molecule has 2 aromatic heterocycles. The lowest BCUT2D eigenvalue weighted by Gasteiger charge is -2.31. The van der Waals surface area contributed by atoms with Gasteiger partial charge in [0.15, 0.2) is 0 Å². The highest BCUT2D eigenvalue weighted by Crippen LogP contribution is 2.49. The molecule has 2 aromatic carbocycles. The lowest BCUT2D eigenvalue weighted by molar-refractivity contribution is -0.265. The summed E-state index contributed by atoms with van der Waals surface area (Å²) in [6.07, 6.45) is -4.58. The summed E-state index contributed by atoms with van der Waals surface area (Å²) in [6, 6.07) is 6.40. The van der Waals surface area contributed by atoms with Gasteiger partial charge in [-0.2, -0.15) is 27.1 Å². The molecule has 1 aliphatic heterocycles.